The lowest BCUT2D eigenvalue weighted by Crippen LogP contribution is -2.02. The standard InChI is InChI=1S/C19H22O3S3/c20-13-24-8-3-1-2-7-22-17-11-19(21)25-18-10-14(4-5-16(17)18)15-6-9-23-12-15/h4-5,10-11,13,15H,1-3,6-9,12H2. The van der Waals surface area contributed by atoms with Crippen molar-refractivity contribution < 1.29 is 9.53 Å². The molecule has 1 fully saturated rings. The number of carbonyl (C=O) groups is 1. The number of hydrogen-bond acceptors (Lipinski definition) is 6. The quantitative estimate of drug-likeness (QED) is 0.444. The van der Waals surface area contributed by atoms with Gasteiger partial charge in [-0.05, 0) is 55.1 Å². The number of thioether (sulfide) groups is 2. The average molecular weight is 395 g/mol. The van der Waals surface area contributed by atoms with Crippen LogP contribution in [0.2, 0.25) is 0 Å². The van der Waals surface area contributed by atoms with Crippen LogP contribution in [0.15, 0.2) is 29.1 Å². The van der Waals surface area contributed by atoms with Crippen LogP contribution in [0.4, 0.5) is 0 Å². The minimum absolute atomic E-state index is 0.0443. The van der Waals surface area contributed by atoms with Crippen LogP contribution in [0.25, 0.3) is 10.1 Å². The summed E-state index contributed by atoms with van der Waals surface area (Å²) >= 11 is 4.62. The maximum Gasteiger partial charge on any atom is 0.236 e. The molecule has 0 spiro atoms. The molecule has 1 aliphatic heterocycles. The zero-order valence-corrected chi connectivity index (χ0v) is 16.5. The Morgan fingerprint density at radius 2 is 2.16 bits per heavy atom. The largest absolute Gasteiger partial charge is 0.493 e. The van der Waals surface area contributed by atoms with Crippen molar-refractivity contribution in [2.24, 2.45) is 0 Å². The van der Waals surface area contributed by atoms with Crippen molar-refractivity contribution in [1.82, 2.24) is 0 Å². The van der Waals surface area contributed by atoms with Crippen LogP contribution in [0, 0.1) is 0 Å². The molecule has 0 bridgehead atoms. The van der Waals surface area contributed by atoms with Gasteiger partial charge in [-0.3, -0.25) is 9.59 Å². The van der Waals surface area contributed by atoms with E-state index in [2.05, 4.69) is 18.2 Å². The Hall–Kier alpha value is -0.980. The first-order chi connectivity index (χ1) is 12.3. The Labute approximate surface area is 160 Å². The van der Waals surface area contributed by atoms with Crippen LogP contribution in [0.5, 0.6) is 5.75 Å². The van der Waals surface area contributed by atoms with Crippen molar-refractivity contribution >= 4 is 50.6 Å². The molecule has 0 aliphatic carbocycles. The molecular formula is C19H22O3S3. The molecule has 134 valence electrons. The molecule has 0 radical (unpaired) electrons. The van der Waals surface area contributed by atoms with Gasteiger partial charge in [-0.2, -0.15) is 11.8 Å². The number of benzene rings is 1. The average Bonchev–Trinajstić information content (AvgIpc) is 3.15. The summed E-state index contributed by atoms with van der Waals surface area (Å²) in [7, 11) is 0. The van der Waals surface area contributed by atoms with Gasteiger partial charge in [0, 0.05) is 27.7 Å². The van der Waals surface area contributed by atoms with E-state index in [1.807, 2.05) is 11.8 Å². The van der Waals surface area contributed by atoms with Gasteiger partial charge in [0.05, 0.1) is 6.61 Å². The van der Waals surface area contributed by atoms with Gasteiger partial charge >= 0.3 is 0 Å². The Balaban J connectivity index is 1.65. The lowest BCUT2D eigenvalue weighted by molar-refractivity contribution is 0.310. The Kier molecular flexibility index (Phi) is 7.25. The van der Waals surface area contributed by atoms with Crippen LogP contribution >= 0.6 is 34.9 Å². The predicted molar refractivity (Wildman–Crippen MR) is 111 cm³/mol. The molecule has 0 amide bonds. The third kappa shape index (κ3) is 5.25. The summed E-state index contributed by atoms with van der Waals surface area (Å²) in [5.41, 5.74) is 2.24. The molecule has 2 aromatic rings. The molecule has 0 saturated carbocycles. The molecule has 1 aromatic carbocycles. The predicted octanol–water partition coefficient (Wildman–Crippen LogP) is 4.95. The van der Waals surface area contributed by atoms with Crippen molar-refractivity contribution in [3.05, 3.63) is 39.4 Å². The lowest BCUT2D eigenvalue weighted by Gasteiger charge is -2.12. The fraction of sp³-hybridized carbons (Fsp3) is 0.474. The highest BCUT2D eigenvalue weighted by Crippen LogP contribution is 2.35. The molecule has 1 atom stereocenters. The third-order valence-electron chi connectivity index (χ3n) is 4.36. The van der Waals surface area contributed by atoms with Crippen LogP contribution < -0.4 is 9.48 Å². The Bertz CT molecular complexity index is 766. The summed E-state index contributed by atoms with van der Waals surface area (Å²) in [6.07, 6.45) is 4.20. The molecule has 6 heteroatoms. The number of fused-ring (bicyclic) bond motifs is 1. The van der Waals surface area contributed by atoms with E-state index in [1.54, 1.807) is 6.07 Å². The SMILES string of the molecule is O=CSCCCCCOc1cc(=O)sc2cc(C3CCSC3)ccc12. The van der Waals surface area contributed by atoms with E-state index in [9.17, 15) is 9.59 Å². The monoisotopic (exact) mass is 394 g/mol. The van der Waals surface area contributed by atoms with Crippen LogP contribution in [-0.4, -0.2) is 29.5 Å². The van der Waals surface area contributed by atoms with Crippen LogP contribution in [0.3, 0.4) is 0 Å². The highest BCUT2D eigenvalue weighted by Gasteiger charge is 2.18. The highest BCUT2D eigenvalue weighted by atomic mass is 32.2. The summed E-state index contributed by atoms with van der Waals surface area (Å²) in [5.74, 6) is 4.60. The molecule has 1 unspecified atom stereocenters. The molecule has 1 saturated heterocycles. The second-order valence-electron chi connectivity index (χ2n) is 6.12. The summed E-state index contributed by atoms with van der Waals surface area (Å²) in [6, 6.07) is 8.10. The fourth-order valence-electron chi connectivity index (χ4n) is 3.01. The maximum atomic E-state index is 12.0. The molecular weight excluding hydrogens is 372 g/mol. The molecule has 0 N–H and O–H groups in total. The van der Waals surface area contributed by atoms with Crippen molar-refractivity contribution in [2.75, 3.05) is 23.9 Å². The first-order valence-electron chi connectivity index (χ1n) is 8.61. The Morgan fingerprint density at radius 1 is 1.24 bits per heavy atom. The normalized spacial score (nSPS) is 17.0. The van der Waals surface area contributed by atoms with Crippen LogP contribution in [0.1, 0.15) is 37.2 Å². The van der Waals surface area contributed by atoms with E-state index >= 15 is 0 Å². The van der Waals surface area contributed by atoms with Gasteiger partial charge in [-0.1, -0.05) is 29.2 Å². The van der Waals surface area contributed by atoms with Crippen molar-refractivity contribution in [3.8, 4) is 5.75 Å². The molecule has 3 rings (SSSR count). The van der Waals surface area contributed by atoms with E-state index in [1.165, 1.54) is 46.6 Å². The van der Waals surface area contributed by atoms with E-state index in [-0.39, 0.29) is 4.74 Å². The molecule has 2 heterocycles. The van der Waals surface area contributed by atoms with Crippen molar-refractivity contribution in [1.29, 1.82) is 0 Å². The fourth-order valence-corrected chi connectivity index (χ4v) is 5.60. The summed E-state index contributed by atoms with van der Waals surface area (Å²) in [4.78, 5) is 22.3. The van der Waals surface area contributed by atoms with Gasteiger partial charge in [0.2, 0.25) is 4.74 Å². The first-order valence-corrected chi connectivity index (χ1v) is 11.6. The van der Waals surface area contributed by atoms with Gasteiger partial charge in [-0.15, -0.1) is 0 Å². The number of ether oxygens (including phenoxy) is 1. The van der Waals surface area contributed by atoms with E-state index in [4.69, 9.17) is 4.74 Å². The maximum absolute atomic E-state index is 12.0. The Morgan fingerprint density at radius 3 is 2.96 bits per heavy atom. The minimum Gasteiger partial charge on any atom is -0.493 e. The van der Waals surface area contributed by atoms with Crippen molar-refractivity contribution in [2.45, 2.75) is 31.6 Å². The van der Waals surface area contributed by atoms with Crippen LogP contribution in [-0.2, 0) is 4.79 Å². The lowest BCUT2D eigenvalue weighted by atomic mass is 9.98. The number of carbonyl (C=O) groups excluding carboxylic acids is 1. The third-order valence-corrected chi connectivity index (χ3v) is 7.06. The number of rotatable bonds is 9. The topological polar surface area (TPSA) is 43.4 Å². The van der Waals surface area contributed by atoms with Gasteiger partial charge in [0.25, 0.3) is 0 Å². The molecule has 3 nitrogen and oxygen atoms in total. The number of hydrogen-bond donors (Lipinski definition) is 0. The van der Waals surface area contributed by atoms with Gasteiger partial charge in [0.15, 0.2) is 5.62 Å². The zero-order valence-electron chi connectivity index (χ0n) is 14.1. The van der Waals surface area contributed by atoms with E-state index in [0.717, 1.165) is 40.7 Å². The van der Waals surface area contributed by atoms with Gasteiger partial charge in [0.1, 0.15) is 5.75 Å². The number of unbranched alkanes of at least 4 members (excludes halogenated alkanes) is 2. The minimum atomic E-state index is 0.0443. The smallest absolute Gasteiger partial charge is 0.236 e. The summed E-state index contributed by atoms with van der Waals surface area (Å²) in [6.45, 7) is 0.607. The molecule has 25 heavy (non-hydrogen) atoms. The van der Waals surface area contributed by atoms with E-state index in [0.29, 0.717) is 18.3 Å². The molecule has 1 aromatic heterocycles. The molecule has 1 aliphatic rings. The zero-order chi connectivity index (χ0) is 17.5. The summed E-state index contributed by atoms with van der Waals surface area (Å²) in [5, 5.41) is 1.04. The van der Waals surface area contributed by atoms with E-state index < -0.39 is 0 Å². The highest BCUT2D eigenvalue weighted by molar-refractivity contribution is 8.11. The van der Waals surface area contributed by atoms with Crippen molar-refractivity contribution in [3.63, 3.8) is 0 Å². The van der Waals surface area contributed by atoms with Gasteiger partial charge in [-0.25, -0.2) is 0 Å². The first kappa shape index (κ1) is 18.8. The van der Waals surface area contributed by atoms with Gasteiger partial charge < -0.3 is 4.74 Å². The second-order valence-corrected chi connectivity index (χ2v) is 9.25. The second kappa shape index (κ2) is 9.64. The summed E-state index contributed by atoms with van der Waals surface area (Å²) < 4.78 is 6.97.